The average molecular weight is 317 g/mol. The minimum Gasteiger partial charge on any atom is -0.490 e. The maximum absolute atomic E-state index is 12.4. The van der Waals surface area contributed by atoms with Gasteiger partial charge in [-0.2, -0.15) is 0 Å². The number of aryl methyl sites for hydroxylation is 1. The first-order valence-electron chi connectivity index (χ1n) is 8.56. The van der Waals surface area contributed by atoms with Gasteiger partial charge < -0.3 is 14.4 Å². The van der Waals surface area contributed by atoms with E-state index in [1.54, 1.807) is 0 Å². The van der Waals surface area contributed by atoms with Crippen LogP contribution >= 0.6 is 0 Å². The van der Waals surface area contributed by atoms with Crippen LogP contribution in [0.5, 0.6) is 5.75 Å². The van der Waals surface area contributed by atoms with Crippen molar-refractivity contribution in [2.75, 3.05) is 0 Å². The number of hydrogen-bond acceptors (Lipinski definition) is 3. The number of fused-ring (bicyclic) bond motifs is 2. The van der Waals surface area contributed by atoms with E-state index in [0.717, 1.165) is 31.4 Å². The molecular weight excluding hydrogens is 290 g/mol. The molecule has 1 unspecified atom stereocenters. The lowest BCUT2D eigenvalue weighted by Gasteiger charge is -2.39. The second-order valence-electron chi connectivity index (χ2n) is 7.80. The van der Waals surface area contributed by atoms with E-state index in [2.05, 4.69) is 19.1 Å². The van der Waals surface area contributed by atoms with Crippen molar-refractivity contribution in [3.05, 3.63) is 29.8 Å². The Morgan fingerprint density at radius 2 is 1.65 bits per heavy atom. The van der Waals surface area contributed by atoms with Crippen LogP contribution in [0, 0.1) is 6.92 Å². The molecule has 2 heterocycles. The van der Waals surface area contributed by atoms with Crippen molar-refractivity contribution in [3.63, 3.8) is 0 Å². The Hall–Kier alpha value is -1.71. The summed E-state index contributed by atoms with van der Waals surface area (Å²) in [5, 5.41) is 0. The van der Waals surface area contributed by atoms with Crippen molar-refractivity contribution in [1.29, 1.82) is 0 Å². The third-order valence-corrected chi connectivity index (χ3v) is 4.62. The summed E-state index contributed by atoms with van der Waals surface area (Å²) in [4.78, 5) is 14.4. The lowest BCUT2D eigenvalue weighted by molar-refractivity contribution is -0.00707. The van der Waals surface area contributed by atoms with Gasteiger partial charge in [-0.05, 0) is 52.7 Å². The molecule has 2 aliphatic heterocycles. The highest BCUT2D eigenvalue weighted by Gasteiger charge is 2.45. The van der Waals surface area contributed by atoms with Gasteiger partial charge in [-0.25, -0.2) is 4.79 Å². The number of piperidine rings is 1. The van der Waals surface area contributed by atoms with Crippen LogP contribution in [0.3, 0.4) is 0 Å². The monoisotopic (exact) mass is 317 g/mol. The second-order valence-corrected chi connectivity index (χ2v) is 7.80. The van der Waals surface area contributed by atoms with Crippen LogP contribution in [-0.2, 0) is 4.74 Å². The molecule has 2 fully saturated rings. The van der Waals surface area contributed by atoms with E-state index >= 15 is 0 Å². The quantitative estimate of drug-likeness (QED) is 0.816. The molecule has 0 aromatic heterocycles. The molecule has 4 nitrogen and oxygen atoms in total. The third kappa shape index (κ3) is 3.80. The van der Waals surface area contributed by atoms with Crippen LogP contribution in [0.2, 0.25) is 0 Å². The van der Waals surface area contributed by atoms with Crippen LogP contribution in [-0.4, -0.2) is 34.8 Å². The number of rotatable bonds is 2. The normalized spacial score (nSPS) is 27.0. The standard InChI is InChI=1S/C19H27NO3/c1-13-5-9-16(10-6-13)22-17-11-14-7-8-15(12-17)20(14)18(21)23-19(2,3)4/h5-6,9-10,14-15,17H,7-8,11-12H2,1-4H3/t14-,15+,17?. The van der Waals surface area contributed by atoms with Gasteiger partial charge in [-0.15, -0.1) is 0 Å². The number of carbonyl (C=O) groups excluding carboxylic acids is 1. The van der Waals surface area contributed by atoms with Gasteiger partial charge in [-0.3, -0.25) is 0 Å². The highest BCUT2D eigenvalue weighted by Crippen LogP contribution is 2.38. The number of nitrogens with zero attached hydrogens (tertiary/aromatic N) is 1. The average Bonchev–Trinajstić information content (AvgIpc) is 2.72. The van der Waals surface area contributed by atoms with Crippen LogP contribution in [0.1, 0.15) is 52.0 Å². The summed E-state index contributed by atoms with van der Waals surface area (Å²) < 4.78 is 11.7. The van der Waals surface area contributed by atoms with E-state index in [0.29, 0.717) is 0 Å². The summed E-state index contributed by atoms with van der Waals surface area (Å²) in [5.74, 6) is 0.922. The van der Waals surface area contributed by atoms with E-state index in [-0.39, 0.29) is 24.3 Å². The van der Waals surface area contributed by atoms with Crippen molar-refractivity contribution >= 4 is 6.09 Å². The highest BCUT2D eigenvalue weighted by molar-refractivity contribution is 5.69. The summed E-state index contributed by atoms with van der Waals surface area (Å²) in [6.07, 6.45) is 3.91. The third-order valence-electron chi connectivity index (χ3n) is 4.62. The molecule has 0 spiro atoms. The first-order chi connectivity index (χ1) is 10.8. The first-order valence-corrected chi connectivity index (χ1v) is 8.56. The molecule has 2 bridgehead atoms. The molecule has 1 amide bonds. The zero-order valence-corrected chi connectivity index (χ0v) is 14.5. The van der Waals surface area contributed by atoms with Crippen LogP contribution in [0.15, 0.2) is 24.3 Å². The summed E-state index contributed by atoms with van der Waals surface area (Å²) in [6.45, 7) is 7.82. The van der Waals surface area contributed by atoms with Gasteiger partial charge in [0.1, 0.15) is 17.5 Å². The lowest BCUT2D eigenvalue weighted by atomic mass is 10.00. The van der Waals surface area contributed by atoms with Gasteiger partial charge in [0.15, 0.2) is 0 Å². The molecule has 1 aromatic rings. The lowest BCUT2D eigenvalue weighted by Crippen LogP contribution is -2.50. The highest BCUT2D eigenvalue weighted by atomic mass is 16.6. The van der Waals surface area contributed by atoms with Gasteiger partial charge in [0, 0.05) is 24.9 Å². The molecule has 23 heavy (non-hydrogen) atoms. The molecule has 3 rings (SSSR count). The molecule has 0 saturated carbocycles. The van der Waals surface area contributed by atoms with E-state index in [1.807, 2.05) is 37.8 Å². The van der Waals surface area contributed by atoms with Crippen LogP contribution < -0.4 is 4.74 Å². The number of carbonyl (C=O) groups is 1. The molecule has 2 saturated heterocycles. The summed E-state index contributed by atoms with van der Waals surface area (Å²) >= 11 is 0. The minimum absolute atomic E-state index is 0.168. The largest absolute Gasteiger partial charge is 0.490 e. The van der Waals surface area contributed by atoms with Crippen molar-refractivity contribution < 1.29 is 14.3 Å². The fraction of sp³-hybridized carbons (Fsp3) is 0.632. The zero-order valence-electron chi connectivity index (χ0n) is 14.5. The maximum Gasteiger partial charge on any atom is 0.410 e. The predicted octanol–water partition coefficient (Wildman–Crippen LogP) is 4.30. The maximum atomic E-state index is 12.4. The molecule has 1 aromatic carbocycles. The van der Waals surface area contributed by atoms with E-state index < -0.39 is 5.60 Å². The van der Waals surface area contributed by atoms with E-state index in [1.165, 1.54) is 5.56 Å². The molecule has 0 aliphatic carbocycles. The Kier molecular flexibility index (Phi) is 4.26. The van der Waals surface area contributed by atoms with Crippen molar-refractivity contribution in [2.45, 2.75) is 77.2 Å². The Balaban J connectivity index is 1.62. The van der Waals surface area contributed by atoms with Gasteiger partial charge >= 0.3 is 6.09 Å². The fourth-order valence-electron chi connectivity index (χ4n) is 3.65. The summed E-state index contributed by atoms with van der Waals surface area (Å²) in [5.41, 5.74) is 0.795. The zero-order chi connectivity index (χ0) is 16.6. The first kappa shape index (κ1) is 16.2. The van der Waals surface area contributed by atoms with E-state index in [9.17, 15) is 4.79 Å². The molecule has 4 heteroatoms. The van der Waals surface area contributed by atoms with E-state index in [4.69, 9.17) is 9.47 Å². The van der Waals surface area contributed by atoms with Gasteiger partial charge in [0.05, 0.1) is 0 Å². The Labute approximate surface area is 138 Å². The number of hydrogen-bond donors (Lipinski definition) is 0. The predicted molar refractivity (Wildman–Crippen MR) is 89.7 cm³/mol. The van der Waals surface area contributed by atoms with Gasteiger partial charge in [0.2, 0.25) is 0 Å². The molecule has 2 aliphatic rings. The number of ether oxygens (including phenoxy) is 2. The Morgan fingerprint density at radius 1 is 1.09 bits per heavy atom. The smallest absolute Gasteiger partial charge is 0.410 e. The number of benzene rings is 1. The van der Waals surface area contributed by atoms with Crippen LogP contribution in [0.4, 0.5) is 4.79 Å². The molecule has 3 atom stereocenters. The Bertz CT molecular complexity index is 547. The van der Waals surface area contributed by atoms with Crippen molar-refractivity contribution in [3.8, 4) is 5.75 Å². The summed E-state index contributed by atoms with van der Waals surface area (Å²) in [7, 11) is 0. The van der Waals surface area contributed by atoms with Crippen LogP contribution in [0.25, 0.3) is 0 Å². The van der Waals surface area contributed by atoms with Crippen molar-refractivity contribution in [1.82, 2.24) is 4.90 Å². The number of amides is 1. The molecule has 0 N–H and O–H groups in total. The molecule has 0 radical (unpaired) electrons. The second kappa shape index (κ2) is 6.06. The van der Waals surface area contributed by atoms with Gasteiger partial charge in [0.25, 0.3) is 0 Å². The fourth-order valence-corrected chi connectivity index (χ4v) is 3.65. The van der Waals surface area contributed by atoms with Gasteiger partial charge in [-0.1, -0.05) is 17.7 Å². The SMILES string of the molecule is Cc1ccc(OC2C[C@H]3CC[C@@H](C2)N3C(=O)OC(C)(C)C)cc1. The Morgan fingerprint density at radius 3 is 2.17 bits per heavy atom. The minimum atomic E-state index is -0.439. The van der Waals surface area contributed by atoms with Crippen molar-refractivity contribution in [2.24, 2.45) is 0 Å². The molecule has 126 valence electrons. The summed E-state index contributed by atoms with van der Waals surface area (Å²) in [6, 6.07) is 8.69. The molecular formula is C19H27NO3. The topological polar surface area (TPSA) is 38.8 Å².